The van der Waals surface area contributed by atoms with Gasteiger partial charge in [-0.05, 0) is 72.0 Å². The summed E-state index contributed by atoms with van der Waals surface area (Å²) in [5, 5.41) is 0. The van der Waals surface area contributed by atoms with Crippen LogP contribution in [0.25, 0.3) is 0 Å². The number of hydrogen-bond acceptors (Lipinski definition) is 5. The van der Waals surface area contributed by atoms with Gasteiger partial charge >= 0.3 is 11.9 Å². The largest absolute Gasteiger partial charge is 0.462 e. The number of ketones is 1. The quantitative estimate of drug-likeness (QED) is 0.306. The van der Waals surface area contributed by atoms with Gasteiger partial charge in [0, 0.05) is 37.5 Å². The van der Waals surface area contributed by atoms with E-state index >= 15 is 0 Å². The lowest BCUT2D eigenvalue weighted by molar-refractivity contribution is -0.236. The highest BCUT2D eigenvalue weighted by Crippen LogP contribution is 2.74. The second-order valence-electron chi connectivity index (χ2n) is 15.8. The van der Waals surface area contributed by atoms with Crippen LogP contribution < -0.4 is 0 Å². The fourth-order valence-electron chi connectivity index (χ4n) is 10.9. The monoisotopic (exact) mass is 544 g/mol. The Morgan fingerprint density at radius 3 is 2.13 bits per heavy atom. The smallest absolute Gasteiger partial charge is 0.302 e. The van der Waals surface area contributed by atoms with E-state index in [0.717, 1.165) is 38.0 Å². The molecule has 0 N–H and O–H groups in total. The molecule has 0 aromatic heterocycles. The Morgan fingerprint density at radius 1 is 0.897 bits per heavy atom. The summed E-state index contributed by atoms with van der Waals surface area (Å²) in [6.07, 6.45) is 8.49. The number of carbonyl (C=O) groups excluding carboxylic acids is 3. The molecule has 5 heteroatoms. The van der Waals surface area contributed by atoms with E-state index in [1.807, 2.05) is 0 Å². The minimum Gasteiger partial charge on any atom is -0.462 e. The van der Waals surface area contributed by atoms with Gasteiger partial charge in [-0.3, -0.25) is 14.4 Å². The van der Waals surface area contributed by atoms with Crippen LogP contribution in [0.2, 0.25) is 0 Å². The van der Waals surface area contributed by atoms with Gasteiger partial charge in [0.05, 0.1) is 0 Å². The third kappa shape index (κ3) is 4.90. The van der Waals surface area contributed by atoms with Gasteiger partial charge in [0.25, 0.3) is 0 Å². The lowest BCUT2D eigenvalue weighted by Gasteiger charge is -2.67. The number of esters is 2. The van der Waals surface area contributed by atoms with Crippen LogP contribution in [0.4, 0.5) is 0 Å². The Labute approximate surface area is 237 Å². The zero-order valence-electron chi connectivity index (χ0n) is 26.5. The highest BCUT2D eigenvalue weighted by molar-refractivity contribution is 5.85. The molecule has 4 aliphatic rings. The van der Waals surface area contributed by atoms with E-state index < -0.39 is 0 Å². The zero-order valence-corrected chi connectivity index (χ0v) is 26.5. The van der Waals surface area contributed by atoms with Gasteiger partial charge in [-0.2, -0.15) is 0 Å². The van der Waals surface area contributed by atoms with Gasteiger partial charge in [-0.25, -0.2) is 0 Å². The summed E-state index contributed by atoms with van der Waals surface area (Å²) in [6, 6.07) is 0. The summed E-state index contributed by atoms with van der Waals surface area (Å²) in [4.78, 5) is 39.0. The second-order valence-corrected chi connectivity index (χ2v) is 15.8. The number of fused-ring (bicyclic) bond motifs is 5. The summed E-state index contributed by atoms with van der Waals surface area (Å²) in [6.45, 7) is 21.6. The molecule has 0 heterocycles. The van der Waals surface area contributed by atoms with Gasteiger partial charge in [0.15, 0.2) is 0 Å². The maximum absolute atomic E-state index is 14.5. The Hall–Kier alpha value is -1.39. The Morgan fingerprint density at radius 2 is 1.54 bits per heavy atom. The number of Topliss-reactive ketones (excluding diaryl/α,β-unsaturated/α-hetero) is 1. The molecule has 0 bridgehead atoms. The molecule has 10 atom stereocenters. The molecular formula is C34H56O5. The van der Waals surface area contributed by atoms with Crippen molar-refractivity contribution in [2.24, 2.45) is 57.2 Å². The van der Waals surface area contributed by atoms with Crippen LogP contribution in [-0.4, -0.2) is 29.9 Å². The van der Waals surface area contributed by atoms with Gasteiger partial charge in [-0.15, -0.1) is 0 Å². The predicted molar refractivity (Wildman–Crippen MR) is 154 cm³/mol. The SMILES string of the molecule is CC(=O)OC1CC2C(C)(C)C(OC(C)=O)CCC2(C)C2C(=O)CC3(C)C(C(C)CCCC(C)C)CCC3(C)C12. The van der Waals surface area contributed by atoms with Crippen molar-refractivity contribution in [3.63, 3.8) is 0 Å². The van der Waals surface area contributed by atoms with Gasteiger partial charge < -0.3 is 9.47 Å². The van der Waals surface area contributed by atoms with E-state index in [4.69, 9.17) is 9.47 Å². The minimum absolute atomic E-state index is 0.0304. The average Bonchev–Trinajstić information content (AvgIpc) is 3.07. The molecule has 4 aliphatic carbocycles. The molecule has 0 aromatic rings. The van der Waals surface area contributed by atoms with Gasteiger partial charge in [0.1, 0.15) is 18.0 Å². The van der Waals surface area contributed by atoms with E-state index in [1.54, 1.807) is 0 Å². The van der Waals surface area contributed by atoms with Crippen LogP contribution in [0, 0.1) is 57.2 Å². The molecule has 10 unspecified atom stereocenters. The Balaban J connectivity index is 1.73. The molecule has 4 fully saturated rings. The molecular weight excluding hydrogens is 488 g/mol. The molecule has 4 saturated carbocycles. The normalized spacial score (nSPS) is 43.7. The molecule has 0 aromatic carbocycles. The molecule has 0 radical (unpaired) electrons. The average molecular weight is 545 g/mol. The Kier molecular flexibility index (Phi) is 8.20. The van der Waals surface area contributed by atoms with Crippen molar-refractivity contribution in [2.75, 3.05) is 0 Å². The lowest BCUT2D eigenvalue weighted by Crippen LogP contribution is -2.68. The minimum atomic E-state index is -0.312. The molecule has 0 spiro atoms. The number of ether oxygens (including phenoxy) is 2. The van der Waals surface area contributed by atoms with Crippen molar-refractivity contribution in [3.05, 3.63) is 0 Å². The second kappa shape index (κ2) is 10.5. The highest BCUT2D eigenvalue weighted by atomic mass is 16.5. The fraction of sp³-hybridized carbons (Fsp3) is 0.912. The molecule has 0 amide bonds. The van der Waals surface area contributed by atoms with E-state index in [9.17, 15) is 14.4 Å². The van der Waals surface area contributed by atoms with Crippen LogP contribution in [0.3, 0.4) is 0 Å². The van der Waals surface area contributed by atoms with Crippen LogP contribution in [0.1, 0.15) is 127 Å². The number of hydrogen-bond donors (Lipinski definition) is 0. The lowest BCUT2D eigenvalue weighted by atomic mass is 9.37. The summed E-state index contributed by atoms with van der Waals surface area (Å²) in [5.41, 5.74) is -0.668. The van der Waals surface area contributed by atoms with E-state index in [0.29, 0.717) is 24.0 Å². The fourth-order valence-corrected chi connectivity index (χ4v) is 10.9. The summed E-state index contributed by atoms with van der Waals surface area (Å²) in [7, 11) is 0. The molecule has 39 heavy (non-hydrogen) atoms. The van der Waals surface area contributed by atoms with Gasteiger partial charge in [0.2, 0.25) is 0 Å². The molecule has 5 nitrogen and oxygen atoms in total. The first kappa shape index (κ1) is 30.6. The zero-order chi connectivity index (χ0) is 29.1. The van der Waals surface area contributed by atoms with E-state index in [1.165, 1.54) is 33.1 Å². The molecule has 4 rings (SSSR count). The standard InChI is InChI=1S/C34H56O5/c1-20(2)12-11-13-21(3)24-14-17-33(9)30-26(38-22(4)35)18-27-31(6,7)28(39-23(5)36)15-16-32(27,8)29(30)25(37)19-34(24,33)10/h20-21,24,26-30H,11-19H2,1-10H3. The van der Waals surface area contributed by atoms with Crippen molar-refractivity contribution in [1.82, 2.24) is 0 Å². The van der Waals surface area contributed by atoms with Crippen LogP contribution in [-0.2, 0) is 23.9 Å². The maximum atomic E-state index is 14.5. The molecule has 0 aliphatic heterocycles. The molecule has 0 saturated heterocycles. The van der Waals surface area contributed by atoms with Crippen LogP contribution >= 0.6 is 0 Å². The van der Waals surface area contributed by atoms with E-state index in [2.05, 4.69) is 55.4 Å². The summed E-state index contributed by atoms with van der Waals surface area (Å²) in [5.74, 6) is 1.71. The van der Waals surface area contributed by atoms with Crippen LogP contribution in [0.15, 0.2) is 0 Å². The van der Waals surface area contributed by atoms with Crippen molar-refractivity contribution < 1.29 is 23.9 Å². The van der Waals surface area contributed by atoms with Crippen LogP contribution in [0.5, 0.6) is 0 Å². The third-order valence-electron chi connectivity index (χ3n) is 12.9. The first-order valence-corrected chi connectivity index (χ1v) is 15.9. The topological polar surface area (TPSA) is 69.7 Å². The maximum Gasteiger partial charge on any atom is 0.302 e. The number of carbonyl (C=O) groups is 3. The predicted octanol–water partition coefficient (Wildman–Crippen LogP) is 7.79. The molecule has 222 valence electrons. The Bertz CT molecular complexity index is 969. The van der Waals surface area contributed by atoms with Crippen molar-refractivity contribution >= 4 is 17.7 Å². The van der Waals surface area contributed by atoms with Gasteiger partial charge in [-0.1, -0.05) is 74.7 Å². The highest BCUT2D eigenvalue weighted by Gasteiger charge is 2.72. The van der Waals surface area contributed by atoms with Crippen molar-refractivity contribution in [3.8, 4) is 0 Å². The first-order valence-electron chi connectivity index (χ1n) is 15.9. The van der Waals surface area contributed by atoms with Crippen molar-refractivity contribution in [1.29, 1.82) is 0 Å². The van der Waals surface area contributed by atoms with E-state index in [-0.39, 0.29) is 63.6 Å². The third-order valence-corrected chi connectivity index (χ3v) is 12.9. The summed E-state index contributed by atoms with van der Waals surface area (Å²) < 4.78 is 12.1. The van der Waals surface area contributed by atoms with Crippen molar-refractivity contribution in [2.45, 2.75) is 139 Å². The number of rotatable bonds is 7. The summed E-state index contributed by atoms with van der Waals surface area (Å²) >= 11 is 0. The first-order chi connectivity index (χ1) is 18.0.